The van der Waals surface area contributed by atoms with Gasteiger partial charge in [-0.05, 0) is 30.3 Å². The number of hydrogen-bond donors (Lipinski definition) is 1. The molecule has 0 saturated carbocycles. The first-order valence-electron chi connectivity index (χ1n) is 4.67. The van der Waals surface area contributed by atoms with Crippen LogP contribution >= 0.6 is 46.9 Å². The monoisotopic (exact) mass is 288 g/mol. The topological polar surface area (TPSA) is 28.7 Å². The Bertz CT molecular complexity index is 521. The van der Waals surface area contributed by atoms with E-state index in [9.17, 15) is 0 Å². The molecule has 16 heavy (non-hydrogen) atoms. The minimum atomic E-state index is 0.722. The highest BCUT2D eigenvalue weighted by Crippen LogP contribution is 2.23. The molecule has 6 heteroatoms. The summed E-state index contributed by atoms with van der Waals surface area (Å²) in [6.07, 6.45) is 0.941. The minimum Gasteiger partial charge on any atom is -0.257 e. The first kappa shape index (κ1) is 12.1. The van der Waals surface area contributed by atoms with Gasteiger partial charge in [-0.1, -0.05) is 52.9 Å². The summed E-state index contributed by atoms with van der Waals surface area (Å²) in [4.78, 5) is 0. The Hall–Kier alpha value is -0.360. The highest BCUT2D eigenvalue weighted by Gasteiger charge is 2.01. The summed E-state index contributed by atoms with van der Waals surface area (Å²) >= 11 is 14.2. The second-order valence-electron chi connectivity index (χ2n) is 3.07. The Morgan fingerprint density at radius 3 is 2.94 bits per heavy atom. The SMILES string of the molecule is S=c1[nH]nc(SCCc2ccccc2Cl)s1. The fraction of sp³-hybridized carbons (Fsp3) is 0.200. The molecule has 0 aliphatic heterocycles. The van der Waals surface area contributed by atoms with Crippen molar-refractivity contribution in [1.29, 1.82) is 0 Å². The van der Waals surface area contributed by atoms with Crippen molar-refractivity contribution in [2.45, 2.75) is 10.8 Å². The molecule has 0 amide bonds. The lowest BCUT2D eigenvalue weighted by Gasteiger charge is -2.01. The third-order valence-corrected chi connectivity index (χ3v) is 4.58. The Balaban J connectivity index is 1.89. The quantitative estimate of drug-likeness (QED) is 0.675. The van der Waals surface area contributed by atoms with E-state index < -0.39 is 0 Å². The molecule has 1 heterocycles. The van der Waals surface area contributed by atoms with E-state index in [4.69, 9.17) is 23.8 Å². The van der Waals surface area contributed by atoms with E-state index in [1.54, 1.807) is 11.8 Å². The number of aromatic amines is 1. The molecular formula is C10H9ClN2S3. The van der Waals surface area contributed by atoms with Gasteiger partial charge in [0.1, 0.15) is 0 Å². The van der Waals surface area contributed by atoms with Gasteiger partial charge in [-0.15, -0.1) is 0 Å². The van der Waals surface area contributed by atoms with E-state index in [0.29, 0.717) is 0 Å². The van der Waals surface area contributed by atoms with Crippen molar-refractivity contribution < 1.29 is 0 Å². The zero-order chi connectivity index (χ0) is 11.4. The summed E-state index contributed by atoms with van der Waals surface area (Å²) in [7, 11) is 0. The van der Waals surface area contributed by atoms with Crippen molar-refractivity contribution >= 4 is 46.9 Å². The highest BCUT2D eigenvalue weighted by molar-refractivity contribution is 8.01. The van der Waals surface area contributed by atoms with E-state index in [0.717, 1.165) is 25.5 Å². The van der Waals surface area contributed by atoms with Crippen molar-refractivity contribution in [2.24, 2.45) is 0 Å². The van der Waals surface area contributed by atoms with Crippen LogP contribution in [0.3, 0.4) is 0 Å². The van der Waals surface area contributed by atoms with Gasteiger partial charge in [0.25, 0.3) is 0 Å². The van der Waals surface area contributed by atoms with E-state index in [1.807, 2.05) is 18.2 Å². The van der Waals surface area contributed by atoms with Crippen LogP contribution in [0.5, 0.6) is 0 Å². The van der Waals surface area contributed by atoms with Crippen molar-refractivity contribution in [1.82, 2.24) is 10.2 Å². The zero-order valence-electron chi connectivity index (χ0n) is 8.27. The Morgan fingerprint density at radius 1 is 1.44 bits per heavy atom. The smallest absolute Gasteiger partial charge is 0.177 e. The Kier molecular flexibility index (Phi) is 4.40. The lowest BCUT2D eigenvalue weighted by molar-refractivity contribution is 1.00. The molecule has 2 rings (SSSR count). The Morgan fingerprint density at radius 2 is 2.25 bits per heavy atom. The minimum absolute atomic E-state index is 0.722. The maximum absolute atomic E-state index is 6.06. The number of aromatic nitrogens is 2. The number of thioether (sulfide) groups is 1. The summed E-state index contributed by atoms with van der Waals surface area (Å²) in [6.45, 7) is 0. The molecule has 0 radical (unpaired) electrons. The average molecular weight is 289 g/mol. The van der Waals surface area contributed by atoms with Gasteiger partial charge in [-0.3, -0.25) is 5.10 Å². The third-order valence-electron chi connectivity index (χ3n) is 1.97. The van der Waals surface area contributed by atoms with E-state index in [2.05, 4.69) is 16.3 Å². The molecule has 0 aliphatic rings. The van der Waals surface area contributed by atoms with Crippen LogP contribution in [0, 0.1) is 3.95 Å². The molecule has 2 aromatic rings. The van der Waals surface area contributed by atoms with Gasteiger partial charge in [0.15, 0.2) is 8.29 Å². The van der Waals surface area contributed by atoms with Crippen LogP contribution in [0.15, 0.2) is 28.6 Å². The van der Waals surface area contributed by atoms with Gasteiger partial charge >= 0.3 is 0 Å². The normalized spacial score (nSPS) is 10.6. The van der Waals surface area contributed by atoms with Crippen molar-refractivity contribution in [3.8, 4) is 0 Å². The van der Waals surface area contributed by atoms with Gasteiger partial charge < -0.3 is 0 Å². The number of benzene rings is 1. The number of aryl methyl sites for hydroxylation is 1. The Labute approximate surface area is 112 Å². The second kappa shape index (κ2) is 5.82. The maximum Gasteiger partial charge on any atom is 0.177 e. The van der Waals surface area contributed by atoms with Crippen molar-refractivity contribution in [3.05, 3.63) is 38.8 Å². The second-order valence-corrected chi connectivity index (χ2v) is 6.48. The van der Waals surface area contributed by atoms with Crippen LogP contribution in [0.2, 0.25) is 5.02 Å². The first-order valence-corrected chi connectivity index (χ1v) is 7.26. The number of hydrogen-bond acceptors (Lipinski definition) is 4. The largest absolute Gasteiger partial charge is 0.257 e. The molecule has 0 fully saturated rings. The average Bonchev–Trinajstić information content (AvgIpc) is 2.67. The summed E-state index contributed by atoms with van der Waals surface area (Å²) in [5.41, 5.74) is 1.18. The molecule has 1 aromatic heterocycles. The molecule has 84 valence electrons. The zero-order valence-corrected chi connectivity index (χ0v) is 11.5. The van der Waals surface area contributed by atoms with E-state index in [1.165, 1.54) is 16.9 Å². The van der Waals surface area contributed by atoms with Crippen LogP contribution in [-0.4, -0.2) is 16.0 Å². The predicted molar refractivity (Wildman–Crippen MR) is 73.2 cm³/mol. The molecule has 0 spiro atoms. The van der Waals surface area contributed by atoms with Crippen LogP contribution in [0.4, 0.5) is 0 Å². The molecule has 0 unspecified atom stereocenters. The van der Waals surface area contributed by atoms with E-state index >= 15 is 0 Å². The van der Waals surface area contributed by atoms with Crippen LogP contribution in [0.1, 0.15) is 5.56 Å². The summed E-state index contributed by atoms with van der Waals surface area (Å²) in [5, 5.41) is 7.69. The van der Waals surface area contributed by atoms with Crippen LogP contribution in [-0.2, 0) is 6.42 Å². The van der Waals surface area contributed by atoms with Crippen LogP contribution in [0.25, 0.3) is 0 Å². The summed E-state index contributed by atoms with van der Waals surface area (Å²) in [5.74, 6) is 0.958. The first-order chi connectivity index (χ1) is 7.75. The molecule has 2 nitrogen and oxygen atoms in total. The summed E-state index contributed by atoms with van der Waals surface area (Å²) in [6, 6.07) is 7.91. The van der Waals surface area contributed by atoms with Gasteiger partial charge in [-0.2, -0.15) is 5.10 Å². The third kappa shape index (κ3) is 3.31. The predicted octanol–water partition coefficient (Wildman–Crippen LogP) is 4.19. The highest BCUT2D eigenvalue weighted by atomic mass is 35.5. The molecule has 0 saturated heterocycles. The summed E-state index contributed by atoms with van der Waals surface area (Å²) < 4.78 is 1.71. The molecule has 0 bridgehead atoms. The van der Waals surface area contributed by atoms with Gasteiger partial charge in [0.05, 0.1) is 0 Å². The van der Waals surface area contributed by atoms with E-state index in [-0.39, 0.29) is 0 Å². The fourth-order valence-electron chi connectivity index (χ4n) is 1.23. The van der Waals surface area contributed by atoms with Gasteiger partial charge in [-0.25, -0.2) is 0 Å². The molecular weight excluding hydrogens is 280 g/mol. The van der Waals surface area contributed by atoms with Crippen LogP contribution < -0.4 is 0 Å². The van der Waals surface area contributed by atoms with Crippen molar-refractivity contribution in [3.63, 3.8) is 0 Å². The number of rotatable bonds is 4. The number of nitrogens with one attached hydrogen (secondary N) is 1. The lowest BCUT2D eigenvalue weighted by Crippen LogP contribution is -1.89. The molecule has 0 aliphatic carbocycles. The molecule has 0 atom stereocenters. The molecule has 1 aromatic carbocycles. The number of H-pyrrole nitrogens is 1. The number of halogens is 1. The fourth-order valence-corrected chi connectivity index (χ4v) is 3.58. The lowest BCUT2D eigenvalue weighted by atomic mass is 10.2. The maximum atomic E-state index is 6.06. The van der Waals surface area contributed by atoms with Gasteiger partial charge in [0.2, 0.25) is 0 Å². The van der Waals surface area contributed by atoms with Gasteiger partial charge in [0, 0.05) is 10.8 Å². The standard InChI is InChI=1S/C10H9ClN2S3/c11-8-4-2-1-3-7(8)5-6-15-10-13-12-9(14)16-10/h1-4H,5-6H2,(H,12,14). The van der Waals surface area contributed by atoms with Crippen molar-refractivity contribution in [2.75, 3.05) is 5.75 Å². The number of nitrogens with zero attached hydrogens (tertiary/aromatic N) is 1. The molecule has 1 N–H and O–H groups in total.